The van der Waals surface area contributed by atoms with Gasteiger partial charge in [0.2, 0.25) is 0 Å². The van der Waals surface area contributed by atoms with Crippen LogP contribution in [0.1, 0.15) is 21.5 Å². The molecule has 0 saturated heterocycles. The van der Waals surface area contributed by atoms with Gasteiger partial charge < -0.3 is 15.2 Å². The van der Waals surface area contributed by atoms with Crippen LogP contribution in [0.15, 0.2) is 36.4 Å². The summed E-state index contributed by atoms with van der Waals surface area (Å²) < 4.78 is 10.6. The molecule has 0 radical (unpaired) electrons. The molecular formula is C16H16N2O5. The molecule has 0 spiro atoms. The minimum atomic E-state index is -0.842. The second kappa shape index (κ2) is 6.78. The van der Waals surface area contributed by atoms with E-state index in [9.17, 15) is 14.9 Å². The number of amides is 1. The van der Waals surface area contributed by atoms with E-state index in [0.717, 1.165) is 0 Å². The van der Waals surface area contributed by atoms with Crippen LogP contribution in [0.3, 0.4) is 0 Å². The number of primary amides is 1. The number of nitro groups is 1. The molecule has 7 heteroatoms. The van der Waals surface area contributed by atoms with Gasteiger partial charge in [0.25, 0.3) is 11.6 Å². The Balaban J connectivity index is 2.60. The predicted octanol–water partition coefficient (Wildman–Crippen LogP) is 2.30. The van der Waals surface area contributed by atoms with Crippen LogP contribution in [-0.4, -0.2) is 25.1 Å². The maximum atomic E-state index is 11.4. The van der Waals surface area contributed by atoms with Crippen molar-refractivity contribution in [3.05, 3.63) is 63.2 Å². The molecule has 0 atom stereocenters. The first kappa shape index (κ1) is 16.3. The molecule has 0 aliphatic heterocycles. The molecule has 2 N–H and O–H groups in total. The highest BCUT2D eigenvalue weighted by molar-refractivity contribution is 5.97. The molecule has 2 aromatic rings. The normalized spacial score (nSPS) is 10.2. The van der Waals surface area contributed by atoms with Gasteiger partial charge in [0.15, 0.2) is 0 Å². The van der Waals surface area contributed by atoms with Crippen molar-refractivity contribution in [1.29, 1.82) is 0 Å². The van der Waals surface area contributed by atoms with Crippen molar-refractivity contribution in [2.45, 2.75) is 6.42 Å². The van der Waals surface area contributed by atoms with Crippen molar-refractivity contribution >= 4 is 11.6 Å². The number of nitrogens with zero attached hydrogens (tertiary/aromatic N) is 1. The number of methoxy groups -OCH3 is 2. The molecular weight excluding hydrogens is 300 g/mol. The van der Waals surface area contributed by atoms with Crippen LogP contribution in [0.5, 0.6) is 11.5 Å². The van der Waals surface area contributed by atoms with Gasteiger partial charge in [0.1, 0.15) is 17.1 Å². The highest BCUT2D eigenvalue weighted by atomic mass is 16.6. The fourth-order valence-corrected chi connectivity index (χ4v) is 2.44. The Hall–Kier alpha value is -3.09. The second-order valence-corrected chi connectivity index (χ2v) is 4.75. The molecule has 120 valence electrons. The Bertz CT molecular complexity index is 736. The van der Waals surface area contributed by atoms with Crippen LogP contribution in [0.4, 0.5) is 5.69 Å². The van der Waals surface area contributed by atoms with E-state index in [1.165, 1.54) is 20.3 Å². The van der Waals surface area contributed by atoms with Gasteiger partial charge in [-0.15, -0.1) is 0 Å². The first-order valence-corrected chi connectivity index (χ1v) is 6.75. The molecule has 0 bridgehead atoms. The van der Waals surface area contributed by atoms with E-state index in [1.807, 2.05) is 0 Å². The molecule has 0 saturated carbocycles. The summed E-state index contributed by atoms with van der Waals surface area (Å²) in [6, 6.07) is 9.71. The van der Waals surface area contributed by atoms with Crippen molar-refractivity contribution in [2.24, 2.45) is 5.73 Å². The van der Waals surface area contributed by atoms with Crippen molar-refractivity contribution in [1.82, 2.24) is 0 Å². The average molecular weight is 316 g/mol. The minimum Gasteiger partial charge on any atom is -0.496 e. The van der Waals surface area contributed by atoms with Crippen LogP contribution in [-0.2, 0) is 6.42 Å². The predicted molar refractivity (Wildman–Crippen MR) is 84.0 cm³/mol. The monoisotopic (exact) mass is 316 g/mol. The van der Waals surface area contributed by atoms with E-state index in [1.54, 1.807) is 30.3 Å². The fourth-order valence-electron chi connectivity index (χ4n) is 2.44. The molecule has 0 fully saturated rings. The lowest BCUT2D eigenvalue weighted by atomic mass is 9.98. The molecule has 0 aromatic heterocycles. The summed E-state index contributed by atoms with van der Waals surface area (Å²) in [7, 11) is 3.01. The third-order valence-electron chi connectivity index (χ3n) is 3.46. The number of hydrogen-bond acceptors (Lipinski definition) is 5. The van der Waals surface area contributed by atoms with Crippen molar-refractivity contribution in [3.8, 4) is 11.5 Å². The van der Waals surface area contributed by atoms with Crippen molar-refractivity contribution in [3.63, 3.8) is 0 Å². The van der Waals surface area contributed by atoms with Crippen molar-refractivity contribution < 1.29 is 19.2 Å². The molecule has 2 aromatic carbocycles. The number of carbonyl (C=O) groups is 1. The largest absolute Gasteiger partial charge is 0.496 e. The number of rotatable bonds is 6. The Labute approximate surface area is 132 Å². The number of hydrogen-bond donors (Lipinski definition) is 1. The molecule has 0 aliphatic rings. The van der Waals surface area contributed by atoms with E-state index in [-0.39, 0.29) is 17.7 Å². The van der Waals surface area contributed by atoms with E-state index >= 15 is 0 Å². The first-order chi connectivity index (χ1) is 11.0. The molecule has 0 aliphatic carbocycles. The summed E-state index contributed by atoms with van der Waals surface area (Å²) in [6.45, 7) is 0. The van der Waals surface area contributed by atoms with E-state index in [2.05, 4.69) is 0 Å². The topological polar surface area (TPSA) is 105 Å². The Morgan fingerprint density at radius 2 is 1.70 bits per heavy atom. The number of ether oxygens (including phenoxy) is 2. The Kier molecular flexibility index (Phi) is 4.80. The number of benzene rings is 2. The summed E-state index contributed by atoms with van der Waals surface area (Å²) in [5, 5.41) is 11.4. The summed E-state index contributed by atoms with van der Waals surface area (Å²) in [4.78, 5) is 22.2. The molecule has 0 unspecified atom stereocenters. The number of nitrogens with two attached hydrogens (primary N) is 1. The number of para-hydroxylation sites is 1. The van der Waals surface area contributed by atoms with Gasteiger partial charge >= 0.3 is 0 Å². The van der Waals surface area contributed by atoms with Crippen LogP contribution in [0.2, 0.25) is 0 Å². The molecule has 23 heavy (non-hydrogen) atoms. The molecule has 2 rings (SSSR count). The summed E-state index contributed by atoms with van der Waals surface area (Å²) in [5.41, 5.74) is 5.82. The lowest BCUT2D eigenvalue weighted by Gasteiger charge is -2.13. The van der Waals surface area contributed by atoms with Gasteiger partial charge in [0.05, 0.1) is 19.1 Å². The van der Waals surface area contributed by atoms with Crippen LogP contribution >= 0.6 is 0 Å². The standard InChI is InChI=1S/C16H16N2O5/c1-22-13-7-4-8-14(23-2)12(13)9-10-5-3-6-11(16(17)19)15(10)18(20)21/h3-8H,9H2,1-2H3,(H2,17,19). The van der Waals surface area contributed by atoms with Gasteiger partial charge in [-0.1, -0.05) is 18.2 Å². The SMILES string of the molecule is COc1cccc(OC)c1Cc1cccc(C(N)=O)c1[N+](=O)[O-]. The highest BCUT2D eigenvalue weighted by Gasteiger charge is 2.24. The second-order valence-electron chi connectivity index (χ2n) is 4.75. The quantitative estimate of drug-likeness (QED) is 0.650. The summed E-state index contributed by atoms with van der Waals surface area (Å²) in [5.74, 6) is 0.247. The minimum absolute atomic E-state index is 0.124. The zero-order valence-corrected chi connectivity index (χ0v) is 12.7. The van der Waals surface area contributed by atoms with Gasteiger partial charge in [0, 0.05) is 17.5 Å². The van der Waals surface area contributed by atoms with E-state index < -0.39 is 10.8 Å². The summed E-state index contributed by atoms with van der Waals surface area (Å²) >= 11 is 0. The maximum Gasteiger partial charge on any atom is 0.285 e. The maximum absolute atomic E-state index is 11.4. The molecule has 7 nitrogen and oxygen atoms in total. The Morgan fingerprint density at radius 1 is 1.13 bits per heavy atom. The summed E-state index contributed by atoms with van der Waals surface area (Å²) in [6.07, 6.45) is 0.171. The number of nitro benzene ring substituents is 1. The van der Waals surface area contributed by atoms with Crippen molar-refractivity contribution in [2.75, 3.05) is 14.2 Å². The third-order valence-corrected chi connectivity index (χ3v) is 3.46. The van der Waals surface area contributed by atoms with Gasteiger partial charge in [-0.05, 0) is 18.2 Å². The Morgan fingerprint density at radius 3 is 2.17 bits per heavy atom. The highest BCUT2D eigenvalue weighted by Crippen LogP contribution is 2.34. The smallest absolute Gasteiger partial charge is 0.285 e. The van der Waals surface area contributed by atoms with Gasteiger partial charge in [-0.2, -0.15) is 0 Å². The molecule has 0 heterocycles. The lowest BCUT2D eigenvalue weighted by Crippen LogP contribution is -2.14. The fraction of sp³-hybridized carbons (Fsp3) is 0.188. The van der Waals surface area contributed by atoms with Gasteiger partial charge in [-0.25, -0.2) is 0 Å². The lowest BCUT2D eigenvalue weighted by molar-refractivity contribution is -0.385. The average Bonchev–Trinajstić information content (AvgIpc) is 2.54. The molecule has 1 amide bonds. The number of carbonyl (C=O) groups excluding carboxylic acids is 1. The zero-order chi connectivity index (χ0) is 17.0. The van der Waals surface area contributed by atoms with E-state index in [4.69, 9.17) is 15.2 Å². The van der Waals surface area contributed by atoms with Crippen LogP contribution in [0.25, 0.3) is 0 Å². The van der Waals surface area contributed by atoms with Crippen LogP contribution < -0.4 is 15.2 Å². The third kappa shape index (κ3) is 3.23. The van der Waals surface area contributed by atoms with Crippen LogP contribution in [0, 0.1) is 10.1 Å². The van der Waals surface area contributed by atoms with E-state index in [0.29, 0.717) is 22.6 Å². The van der Waals surface area contributed by atoms with Gasteiger partial charge in [-0.3, -0.25) is 14.9 Å². The first-order valence-electron chi connectivity index (χ1n) is 6.75. The zero-order valence-electron chi connectivity index (χ0n) is 12.7.